The zero-order valence-corrected chi connectivity index (χ0v) is 11.4. The van der Waals surface area contributed by atoms with Crippen molar-refractivity contribution in [1.82, 2.24) is 8.61 Å². The predicted octanol–water partition coefficient (Wildman–Crippen LogP) is -0.660. The number of aliphatic hydroxyl groups excluding tert-OH is 1. The third-order valence-corrected chi connectivity index (χ3v) is 5.06. The number of rotatable bonds is 7. The van der Waals surface area contributed by atoms with E-state index in [1.54, 1.807) is 0 Å². The van der Waals surface area contributed by atoms with Crippen molar-refractivity contribution in [2.24, 2.45) is 5.92 Å². The lowest BCUT2D eigenvalue weighted by Gasteiger charge is -2.35. The molecule has 106 valence electrons. The van der Waals surface area contributed by atoms with Crippen LogP contribution >= 0.6 is 0 Å². The van der Waals surface area contributed by atoms with Crippen molar-refractivity contribution < 1.29 is 23.4 Å². The molecule has 1 aliphatic rings. The van der Waals surface area contributed by atoms with E-state index < -0.39 is 16.2 Å². The van der Waals surface area contributed by atoms with Crippen molar-refractivity contribution in [1.29, 1.82) is 0 Å². The normalized spacial score (nSPS) is 24.3. The molecule has 1 rings (SSSR count). The van der Waals surface area contributed by atoms with Crippen LogP contribution in [0.1, 0.15) is 19.3 Å². The van der Waals surface area contributed by atoms with Crippen molar-refractivity contribution in [3.63, 3.8) is 0 Å². The first-order valence-electron chi connectivity index (χ1n) is 5.81. The zero-order valence-electron chi connectivity index (χ0n) is 10.6. The van der Waals surface area contributed by atoms with Crippen molar-refractivity contribution in [2.75, 3.05) is 27.2 Å². The Morgan fingerprint density at radius 2 is 1.83 bits per heavy atom. The van der Waals surface area contributed by atoms with E-state index in [1.807, 2.05) is 0 Å². The number of hydrogen-bond donors (Lipinski definition) is 2. The van der Waals surface area contributed by atoms with Crippen LogP contribution in [0.3, 0.4) is 0 Å². The van der Waals surface area contributed by atoms with Crippen LogP contribution in [0, 0.1) is 5.92 Å². The molecule has 0 unspecified atom stereocenters. The molecule has 0 atom stereocenters. The Labute approximate surface area is 107 Å². The van der Waals surface area contributed by atoms with Crippen molar-refractivity contribution in [3.8, 4) is 0 Å². The summed E-state index contributed by atoms with van der Waals surface area (Å²) >= 11 is 0. The molecule has 0 amide bonds. The SMILES string of the molecule is CN(CCC(=O)O)S(=O)(=O)N(C)CC1CC(O)C1. The third kappa shape index (κ3) is 3.91. The van der Waals surface area contributed by atoms with E-state index in [4.69, 9.17) is 10.2 Å². The second kappa shape index (κ2) is 5.96. The van der Waals surface area contributed by atoms with Crippen LogP contribution in [-0.2, 0) is 15.0 Å². The number of carboxylic acid groups (broad SMARTS) is 1. The summed E-state index contributed by atoms with van der Waals surface area (Å²) in [5.74, 6) is -0.838. The lowest BCUT2D eigenvalue weighted by Crippen LogP contribution is -2.45. The minimum absolute atomic E-state index is 0.0463. The lowest BCUT2D eigenvalue weighted by molar-refractivity contribution is -0.137. The summed E-state index contributed by atoms with van der Waals surface area (Å²) < 4.78 is 26.2. The van der Waals surface area contributed by atoms with Gasteiger partial charge in [0.25, 0.3) is 10.2 Å². The first-order valence-corrected chi connectivity index (χ1v) is 7.20. The maximum atomic E-state index is 12.0. The highest BCUT2D eigenvalue weighted by Gasteiger charge is 2.32. The molecular formula is C10H20N2O5S. The largest absolute Gasteiger partial charge is 0.481 e. The summed E-state index contributed by atoms with van der Waals surface area (Å²) in [5.41, 5.74) is 0. The van der Waals surface area contributed by atoms with Crippen molar-refractivity contribution in [2.45, 2.75) is 25.4 Å². The van der Waals surface area contributed by atoms with Crippen LogP contribution in [0.25, 0.3) is 0 Å². The zero-order chi connectivity index (χ0) is 13.9. The molecule has 0 spiro atoms. The maximum absolute atomic E-state index is 12.0. The molecule has 0 bridgehead atoms. The summed E-state index contributed by atoms with van der Waals surface area (Å²) in [5, 5.41) is 17.7. The lowest BCUT2D eigenvalue weighted by atomic mass is 9.82. The van der Waals surface area contributed by atoms with Gasteiger partial charge >= 0.3 is 5.97 Å². The Morgan fingerprint density at radius 1 is 1.28 bits per heavy atom. The highest BCUT2D eigenvalue weighted by Crippen LogP contribution is 2.28. The average Bonchev–Trinajstić information content (AvgIpc) is 2.23. The minimum Gasteiger partial charge on any atom is -0.481 e. The van der Waals surface area contributed by atoms with E-state index >= 15 is 0 Å². The van der Waals surface area contributed by atoms with Gasteiger partial charge in [0.05, 0.1) is 12.5 Å². The van der Waals surface area contributed by atoms with E-state index in [1.165, 1.54) is 18.4 Å². The number of hydrogen-bond acceptors (Lipinski definition) is 4. The minimum atomic E-state index is -3.60. The molecule has 7 nitrogen and oxygen atoms in total. The number of nitrogens with zero attached hydrogens (tertiary/aromatic N) is 2. The molecule has 1 aliphatic carbocycles. The smallest absolute Gasteiger partial charge is 0.304 e. The molecule has 0 radical (unpaired) electrons. The van der Waals surface area contributed by atoms with E-state index in [0.717, 1.165) is 4.31 Å². The third-order valence-electron chi connectivity index (χ3n) is 3.15. The molecule has 1 saturated carbocycles. The van der Waals surface area contributed by atoms with E-state index in [-0.39, 0.29) is 25.0 Å². The van der Waals surface area contributed by atoms with Gasteiger partial charge in [0, 0.05) is 27.2 Å². The molecule has 0 aliphatic heterocycles. The summed E-state index contributed by atoms with van der Waals surface area (Å²) in [7, 11) is -0.767. The van der Waals surface area contributed by atoms with Gasteiger partial charge in [-0.3, -0.25) is 4.79 Å². The summed E-state index contributed by atoms with van der Waals surface area (Å²) in [6.45, 7) is 0.312. The molecule has 0 aromatic rings. The average molecular weight is 280 g/mol. The van der Waals surface area contributed by atoms with Gasteiger partial charge in [-0.1, -0.05) is 0 Å². The monoisotopic (exact) mass is 280 g/mol. The molecule has 0 saturated heterocycles. The summed E-state index contributed by atoms with van der Waals surface area (Å²) in [4.78, 5) is 10.4. The quantitative estimate of drug-likeness (QED) is 0.645. The Hall–Kier alpha value is -0.700. The van der Waals surface area contributed by atoms with Crippen LogP contribution in [0.4, 0.5) is 0 Å². The van der Waals surface area contributed by atoms with Crippen molar-refractivity contribution in [3.05, 3.63) is 0 Å². The Balaban J connectivity index is 2.48. The van der Waals surface area contributed by atoms with Crippen LogP contribution < -0.4 is 0 Å². The first-order chi connectivity index (χ1) is 8.23. The van der Waals surface area contributed by atoms with Crippen LogP contribution in [0.2, 0.25) is 0 Å². The van der Waals surface area contributed by atoms with E-state index in [9.17, 15) is 13.2 Å². The fraction of sp³-hybridized carbons (Fsp3) is 0.900. The van der Waals surface area contributed by atoms with Gasteiger partial charge in [0.15, 0.2) is 0 Å². The highest BCUT2D eigenvalue weighted by atomic mass is 32.2. The number of carbonyl (C=O) groups is 1. The summed E-state index contributed by atoms with van der Waals surface area (Å²) in [6, 6.07) is 0. The van der Waals surface area contributed by atoms with Crippen LogP contribution in [0.5, 0.6) is 0 Å². The van der Waals surface area contributed by atoms with Gasteiger partial charge in [-0.25, -0.2) is 0 Å². The fourth-order valence-electron chi connectivity index (χ4n) is 1.91. The standard InChI is InChI=1S/C10H20N2O5S/c1-11(4-3-10(14)15)18(16,17)12(2)7-8-5-9(13)6-8/h8-9,13H,3-7H2,1-2H3,(H,14,15). The van der Waals surface area contributed by atoms with Crippen LogP contribution in [-0.4, -0.2) is 66.5 Å². The fourth-order valence-corrected chi connectivity index (χ4v) is 3.11. The topological polar surface area (TPSA) is 98.2 Å². The van der Waals surface area contributed by atoms with Crippen molar-refractivity contribution >= 4 is 16.2 Å². The van der Waals surface area contributed by atoms with E-state index in [2.05, 4.69) is 0 Å². The van der Waals surface area contributed by atoms with Gasteiger partial charge in [-0.15, -0.1) is 0 Å². The number of aliphatic hydroxyl groups is 1. The highest BCUT2D eigenvalue weighted by molar-refractivity contribution is 7.86. The Kier molecular flexibility index (Phi) is 5.09. The molecule has 0 aromatic heterocycles. The first kappa shape index (κ1) is 15.4. The molecule has 2 N–H and O–H groups in total. The molecule has 1 fully saturated rings. The Bertz CT molecular complexity index is 391. The predicted molar refractivity (Wildman–Crippen MR) is 65.2 cm³/mol. The second-order valence-electron chi connectivity index (χ2n) is 4.74. The Morgan fingerprint density at radius 3 is 2.28 bits per heavy atom. The number of carboxylic acids is 1. The summed E-state index contributed by atoms with van der Waals surface area (Å²) in [6.07, 6.45) is 0.721. The second-order valence-corrected chi connectivity index (χ2v) is 6.89. The number of aliphatic carboxylic acids is 1. The molecule has 0 aromatic carbocycles. The maximum Gasteiger partial charge on any atom is 0.304 e. The van der Waals surface area contributed by atoms with Gasteiger partial charge in [0.1, 0.15) is 0 Å². The van der Waals surface area contributed by atoms with Gasteiger partial charge < -0.3 is 10.2 Å². The van der Waals surface area contributed by atoms with E-state index in [0.29, 0.717) is 19.4 Å². The molecule has 8 heteroatoms. The van der Waals surface area contributed by atoms with Gasteiger partial charge in [-0.05, 0) is 18.8 Å². The van der Waals surface area contributed by atoms with Gasteiger partial charge in [-0.2, -0.15) is 17.0 Å². The van der Waals surface area contributed by atoms with Gasteiger partial charge in [0.2, 0.25) is 0 Å². The van der Waals surface area contributed by atoms with Crippen LogP contribution in [0.15, 0.2) is 0 Å². The molecular weight excluding hydrogens is 260 g/mol. The molecule has 18 heavy (non-hydrogen) atoms. The molecule has 0 heterocycles.